The molecule has 24 heavy (non-hydrogen) atoms. The third-order valence-corrected chi connectivity index (χ3v) is 4.16. The summed E-state index contributed by atoms with van der Waals surface area (Å²) in [4.78, 5) is 23.0. The van der Waals surface area contributed by atoms with Crippen LogP contribution in [-0.2, 0) is 11.2 Å². The van der Waals surface area contributed by atoms with Crippen LogP contribution in [-0.4, -0.2) is 28.5 Å². The number of halogens is 1. The van der Waals surface area contributed by atoms with E-state index in [1.54, 1.807) is 18.2 Å². The molecule has 1 saturated heterocycles. The lowest BCUT2D eigenvalue weighted by molar-refractivity contribution is -0.120. The number of amides is 1. The number of anilines is 2. The van der Waals surface area contributed by atoms with E-state index in [4.69, 9.17) is 0 Å². The minimum atomic E-state index is -0.405. The van der Waals surface area contributed by atoms with Crippen LogP contribution in [0.1, 0.15) is 31.3 Å². The van der Waals surface area contributed by atoms with Gasteiger partial charge in [0.05, 0.1) is 5.69 Å². The molecule has 6 heteroatoms. The van der Waals surface area contributed by atoms with Gasteiger partial charge in [0.1, 0.15) is 23.5 Å². The first-order valence-electron chi connectivity index (χ1n) is 8.25. The number of aryl methyl sites for hydroxylation is 2. The van der Waals surface area contributed by atoms with Crippen molar-refractivity contribution < 1.29 is 9.18 Å². The molecule has 0 aliphatic carbocycles. The fourth-order valence-corrected chi connectivity index (χ4v) is 2.98. The molecular weight excluding hydrogens is 307 g/mol. The van der Waals surface area contributed by atoms with Crippen molar-refractivity contribution in [2.45, 2.75) is 39.2 Å². The van der Waals surface area contributed by atoms with Crippen molar-refractivity contribution in [3.63, 3.8) is 0 Å². The number of hydrogen-bond acceptors (Lipinski definition) is 4. The summed E-state index contributed by atoms with van der Waals surface area (Å²) in [5.41, 5.74) is 1.27. The lowest BCUT2D eigenvalue weighted by Gasteiger charge is -2.33. The summed E-state index contributed by atoms with van der Waals surface area (Å²) < 4.78 is 14.0. The lowest BCUT2D eigenvalue weighted by atomic mass is 10.0. The normalized spacial score (nSPS) is 17.9. The molecule has 0 bridgehead atoms. The quantitative estimate of drug-likeness (QED) is 0.937. The third-order valence-electron chi connectivity index (χ3n) is 4.16. The molecule has 2 heterocycles. The van der Waals surface area contributed by atoms with E-state index in [2.05, 4.69) is 15.3 Å². The highest BCUT2D eigenvalue weighted by Gasteiger charge is 2.31. The maximum absolute atomic E-state index is 14.0. The van der Waals surface area contributed by atoms with E-state index in [0.29, 0.717) is 30.3 Å². The monoisotopic (exact) mass is 328 g/mol. The standard InChI is InChI=1S/C18H21FN4O/c1-3-13-11-17(21-12(2)20-13)22-15-8-6-10-23(18(15)24)16-9-5-4-7-14(16)19/h4-5,7,9,11,15H,3,6,8,10H2,1-2H3,(H,20,21,22). The fourth-order valence-electron chi connectivity index (χ4n) is 2.98. The molecular formula is C18H21FN4O. The van der Waals surface area contributed by atoms with E-state index in [1.807, 2.05) is 19.9 Å². The number of nitrogens with one attached hydrogen (secondary N) is 1. The molecule has 2 aromatic rings. The summed E-state index contributed by atoms with van der Waals surface area (Å²) in [6, 6.07) is 7.84. The summed E-state index contributed by atoms with van der Waals surface area (Å²) in [6.45, 7) is 4.39. The molecule has 1 fully saturated rings. The fraction of sp³-hybridized carbons (Fsp3) is 0.389. The topological polar surface area (TPSA) is 58.1 Å². The number of carbonyl (C=O) groups excluding carboxylic acids is 1. The van der Waals surface area contributed by atoms with Gasteiger partial charge in [0.2, 0.25) is 5.91 Å². The highest BCUT2D eigenvalue weighted by Crippen LogP contribution is 2.25. The molecule has 1 atom stereocenters. The van der Waals surface area contributed by atoms with E-state index in [-0.39, 0.29) is 11.7 Å². The predicted molar refractivity (Wildman–Crippen MR) is 91.5 cm³/mol. The average Bonchev–Trinajstić information content (AvgIpc) is 2.57. The lowest BCUT2D eigenvalue weighted by Crippen LogP contribution is -2.48. The molecule has 5 nitrogen and oxygen atoms in total. The minimum Gasteiger partial charge on any atom is -0.358 e. The third kappa shape index (κ3) is 3.37. The first-order chi connectivity index (χ1) is 11.6. The number of rotatable bonds is 4. The van der Waals surface area contributed by atoms with Gasteiger partial charge in [-0.1, -0.05) is 19.1 Å². The van der Waals surface area contributed by atoms with Crippen LogP contribution < -0.4 is 10.2 Å². The summed E-state index contributed by atoms with van der Waals surface area (Å²) in [6.07, 6.45) is 2.31. The Morgan fingerprint density at radius 1 is 1.33 bits per heavy atom. The van der Waals surface area contributed by atoms with Gasteiger partial charge in [0.25, 0.3) is 0 Å². The SMILES string of the molecule is CCc1cc(NC2CCCN(c3ccccc3F)C2=O)nc(C)n1. The smallest absolute Gasteiger partial charge is 0.249 e. The molecule has 0 saturated carbocycles. The first kappa shape index (κ1) is 16.4. The van der Waals surface area contributed by atoms with Gasteiger partial charge in [0, 0.05) is 18.3 Å². The zero-order valence-electron chi connectivity index (χ0n) is 13.9. The van der Waals surface area contributed by atoms with Crippen LogP contribution in [0.4, 0.5) is 15.9 Å². The van der Waals surface area contributed by atoms with E-state index in [1.165, 1.54) is 11.0 Å². The van der Waals surface area contributed by atoms with Gasteiger partial charge >= 0.3 is 0 Å². The Labute approximate surface area is 140 Å². The van der Waals surface area contributed by atoms with E-state index in [0.717, 1.165) is 18.5 Å². The Morgan fingerprint density at radius 3 is 2.88 bits per heavy atom. The number of nitrogens with zero attached hydrogens (tertiary/aromatic N) is 3. The molecule has 1 N–H and O–H groups in total. The molecule has 1 amide bonds. The molecule has 0 spiro atoms. The Kier molecular flexibility index (Phi) is 4.74. The number of benzene rings is 1. The second-order valence-electron chi connectivity index (χ2n) is 5.93. The minimum absolute atomic E-state index is 0.124. The van der Waals surface area contributed by atoms with Crippen LogP contribution >= 0.6 is 0 Å². The van der Waals surface area contributed by atoms with Gasteiger partial charge in [-0.05, 0) is 38.3 Å². The van der Waals surface area contributed by atoms with Crippen molar-refractivity contribution >= 4 is 17.4 Å². The Hall–Kier alpha value is -2.50. The maximum Gasteiger partial charge on any atom is 0.249 e. The largest absolute Gasteiger partial charge is 0.358 e. The highest BCUT2D eigenvalue weighted by molar-refractivity contribution is 5.99. The van der Waals surface area contributed by atoms with Gasteiger partial charge < -0.3 is 10.2 Å². The molecule has 3 rings (SSSR count). The highest BCUT2D eigenvalue weighted by atomic mass is 19.1. The molecule has 126 valence electrons. The van der Waals surface area contributed by atoms with Crippen molar-refractivity contribution in [2.24, 2.45) is 0 Å². The first-order valence-corrected chi connectivity index (χ1v) is 8.25. The molecule has 0 radical (unpaired) electrons. The second kappa shape index (κ2) is 6.95. The van der Waals surface area contributed by atoms with Crippen LogP contribution in [0, 0.1) is 12.7 Å². The van der Waals surface area contributed by atoms with Crippen molar-refractivity contribution in [1.82, 2.24) is 9.97 Å². The van der Waals surface area contributed by atoms with E-state index >= 15 is 0 Å². The van der Waals surface area contributed by atoms with Gasteiger partial charge in [0.15, 0.2) is 0 Å². The van der Waals surface area contributed by atoms with Crippen molar-refractivity contribution in [2.75, 3.05) is 16.8 Å². The van der Waals surface area contributed by atoms with E-state index < -0.39 is 6.04 Å². The second-order valence-corrected chi connectivity index (χ2v) is 5.93. The Bertz CT molecular complexity index is 750. The zero-order chi connectivity index (χ0) is 17.1. The number of para-hydroxylation sites is 1. The van der Waals surface area contributed by atoms with Gasteiger partial charge in [-0.15, -0.1) is 0 Å². The van der Waals surface area contributed by atoms with Crippen LogP contribution in [0.2, 0.25) is 0 Å². The molecule has 1 aromatic heterocycles. The summed E-state index contributed by atoms with van der Waals surface area (Å²) in [5.74, 6) is 0.817. The Balaban J connectivity index is 1.81. The van der Waals surface area contributed by atoms with Crippen molar-refractivity contribution in [3.8, 4) is 0 Å². The van der Waals surface area contributed by atoms with Crippen LogP contribution in [0.3, 0.4) is 0 Å². The van der Waals surface area contributed by atoms with Gasteiger partial charge in [-0.3, -0.25) is 4.79 Å². The van der Waals surface area contributed by atoms with Crippen LogP contribution in [0.5, 0.6) is 0 Å². The summed E-state index contributed by atoms with van der Waals surface area (Å²) >= 11 is 0. The molecule has 1 aromatic carbocycles. The van der Waals surface area contributed by atoms with Crippen molar-refractivity contribution in [3.05, 3.63) is 47.7 Å². The average molecular weight is 328 g/mol. The zero-order valence-corrected chi connectivity index (χ0v) is 13.9. The Morgan fingerprint density at radius 2 is 2.12 bits per heavy atom. The number of piperidine rings is 1. The number of aromatic nitrogens is 2. The summed E-state index contributed by atoms with van der Waals surface area (Å²) in [7, 11) is 0. The predicted octanol–water partition coefficient (Wildman–Crippen LogP) is 3.09. The summed E-state index contributed by atoms with van der Waals surface area (Å²) in [5, 5.41) is 3.20. The van der Waals surface area contributed by atoms with Gasteiger partial charge in [-0.25, -0.2) is 14.4 Å². The number of carbonyl (C=O) groups is 1. The van der Waals surface area contributed by atoms with Crippen LogP contribution in [0.25, 0.3) is 0 Å². The maximum atomic E-state index is 14.0. The van der Waals surface area contributed by atoms with E-state index in [9.17, 15) is 9.18 Å². The van der Waals surface area contributed by atoms with Crippen molar-refractivity contribution in [1.29, 1.82) is 0 Å². The number of hydrogen-bond donors (Lipinski definition) is 1. The molecule has 1 unspecified atom stereocenters. The molecule has 1 aliphatic heterocycles. The molecule has 1 aliphatic rings. The van der Waals surface area contributed by atoms with Gasteiger partial charge in [-0.2, -0.15) is 0 Å². The van der Waals surface area contributed by atoms with Crippen LogP contribution in [0.15, 0.2) is 30.3 Å².